The maximum Gasteiger partial charge on any atom is 0.416 e. The highest BCUT2D eigenvalue weighted by Crippen LogP contribution is 2.34. The van der Waals surface area contributed by atoms with Crippen LogP contribution >= 0.6 is 0 Å². The number of hydrogen-bond donors (Lipinski definition) is 3. The highest BCUT2D eigenvalue weighted by atomic mass is 19.4. The van der Waals surface area contributed by atoms with E-state index in [1.807, 2.05) is 30.7 Å². The number of nitrogen functional groups attached to an aromatic ring is 1. The molecule has 0 saturated carbocycles. The third-order valence-electron chi connectivity index (χ3n) is 7.25. The van der Waals surface area contributed by atoms with Gasteiger partial charge in [0.05, 0.1) is 29.2 Å². The van der Waals surface area contributed by atoms with Crippen molar-refractivity contribution in [3.8, 4) is 11.3 Å². The van der Waals surface area contributed by atoms with Gasteiger partial charge in [-0.25, -0.2) is 9.97 Å². The molecule has 0 fully saturated rings. The fourth-order valence-electron chi connectivity index (χ4n) is 4.93. The first-order valence-corrected chi connectivity index (χ1v) is 14.2. The second-order valence-electron chi connectivity index (χ2n) is 10.7. The SMILES string of the molecule is C[C@@H]1CCn2nc(-c3ccc(C(=O)Nc4cc(C(F)(F)F)ccn4)cc3)c3c(N)ncc(c32)/C=C/C[C@@H](C)OCCC(=O)N1. The molecule has 4 aromatic rings. The number of hydrogen-bond acceptors (Lipinski definition) is 7. The van der Waals surface area contributed by atoms with Gasteiger partial charge in [0.1, 0.15) is 17.3 Å². The van der Waals surface area contributed by atoms with Gasteiger partial charge in [-0.2, -0.15) is 18.3 Å². The summed E-state index contributed by atoms with van der Waals surface area (Å²) in [5, 5.41) is 10.9. The zero-order valence-corrected chi connectivity index (χ0v) is 24.2. The van der Waals surface area contributed by atoms with Gasteiger partial charge in [0, 0.05) is 48.1 Å². The number of nitrogens with zero attached hydrogens (tertiary/aromatic N) is 4. The van der Waals surface area contributed by atoms with Crippen molar-refractivity contribution < 1.29 is 27.5 Å². The Hall–Kier alpha value is -4.78. The van der Waals surface area contributed by atoms with Gasteiger partial charge < -0.3 is 21.1 Å². The number of ether oxygens (including phenoxy) is 1. The monoisotopic (exact) mass is 607 g/mol. The number of aryl methyl sites for hydroxylation is 1. The molecule has 4 N–H and O–H groups in total. The van der Waals surface area contributed by atoms with Crippen molar-refractivity contribution in [2.75, 3.05) is 17.7 Å². The molecule has 3 aromatic heterocycles. The van der Waals surface area contributed by atoms with E-state index in [4.69, 9.17) is 15.6 Å². The van der Waals surface area contributed by atoms with E-state index in [-0.39, 0.29) is 41.7 Å². The molecule has 0 unspecified atom stereocenters. The topological polar surface area (TPSA) is 137 Å². The van der Waals surface area contributed by atoms with E-state index in [1.54, 1.807) is 30.5 Å². The van der Waals surface area contributed by atoms with Crippen LogP contribution in [0.25, 0.3) is 28.2 Å². The van der Waals surface area contributed by atoms with Gasteiger partial charge in [-0.1, -0.05) is 24.3 Å². The number of carbonyl (C=O) groups excluding carboxylic acids is 2. The predicted octanol–water partition coefficient (Wildman–Crippen LogP) is 5.45. The molecule has 2 atom stereocenters. The fourth-order valence-corrected chi connectivity index (χ4v) is 4.93. The Morgan fingerprint density at radius 3 is 2.68 bits per heavy atom. The number of aromatic nitrogens is 4. The van der Waals surface area contributed by atoms with Gasteiger partial charge in [-0.3, -0.25) is 14.3 Å². The first kappa shape index (κ1) is 30.7. The second-order valence-corrected chi connectivity index (χ2v) is 10.7. The van der Waals surface area contributed by atoms with Gasteiger partial charge in [0.15, 0.2) is 0 Å². The average molecular weight is 608 g/mol. The number of anilines is 2. The number of halogens is 3. The Balaban J connectivity index is 1.47. The maximum absolute atomic E-state index is 13.1. The summed E-state index contributed by atoms with van der Waals surface area (Å²) in [4.78, 5) is 33.4. The molecule has 4 heterocycles. The number of pyridine rings is 2. The van der Waals surface area contributed by atoms with Crippen molar-refractivity contribution in [2.24, 2.45) is 0 Å². The van der Waals surface area contributed by atoms with Crippen LogP contribution in [0.15, 0.2) is 54.9 Å². The minimum atomic E-state index is -4.56. The summed E-state index contributed by atoms with van der Waals surface area (Å²) in [6.07, 6.45) is 3.50. The Morgan fingerprint density at radius 1 is 1.16 bits per heavy atom. The zero-order valence-electron chi connectivity index (χ0n) is 24.2. The second kappa shape index (κ2) is 12.8. The number of nitrogens with two attached hydrogens (primary N) is 1. The van der Waals surface area contributed by atoms with Crippen LogP contribution in [0.5, 0.6) is 0 Å². The molecule has 5 rings (SSSR count). The minimum absolute atomic E-state index is 0.0803. The summed E-state index contributed by atoms with van der Waals surface area (Å²) in [5.74, 6) is -0.625. The summed E-state index contributed by atoms with van der Waals surface area (Å²) in [7, 11) is 0. The number of rotatable bonds is 3. The van der Waals surface area contributed by atoms with Crippen LogP contribution < -0.4 is 16.4 Å². The molecule has 1 aromatic carbocycles. The van der Waals surface area contributed by atoms with E-state index in [0.29, 0.717) is 42.6 Å². The van der Waals surface area contributed by atoms with E-state index in [2.05, 4.69) is 20.6 Å². The van der Waals surface area contributed by atoms with Gasteiger partial charge in [-0.15, -0.1) is 0 Å². The highest BCUT2D eigenvalue weighted by molar-refractivity contribution is 6.06. The molecule has 0 aliphatic carbocycles. The lowest BCUT2D eigenvalue weighted by atomic mass is 10.0. The van der Waals surface area contributed by atoms with Crippen LogP contribution in [0, 0.1) is 0 Å². The minimum Gasteiger partial charge on any atom is -0.383 e. The molecule has 1 aliphatic heterocycles. The van der Waals surface area contributed by atoms with Crippen molar-refractivity contribution in [1.29, 1.82) is 0 Å². The molecule has 10 nitrogen and oxygen atoms in total. The van der Waals surface area contributed by atoms with Gasteiger partial charge >= 0.3 is 6.18 Å². The average Bonchev–Trinajstić information content (AvgIpc) is 3.37. The smallest absolute Gasteiger partial charge is 0.383 e. The number of carbonyl (C=O) groups is 2. The van der Waals surface area contributed by atoms with E-state index >= 15 is 0 Å². The third kappa shape index (κ3) is 7.05. The molecule has 0 radical (unpaired) electrons. The Morgan fingerprint density at radius 2 is 1.93 bits per heavy atom. The number of alkyl halides is 3. The number of nitrogens with one attached hydrogen (secondary N) is 2. The number of benzene rings is 1. The van der Waals surface area contributed by atoms with Crippen LogP contribution in [-0.4, -0.2) is 50.3 Å². The first-order chi connectivity index (χ1) is 21.0. The van der Waals surface area contributed by atoms with E-state index in [1.165, 1.54) is 0 Å². The molecule has 0 saturated heterocycles. The normalized spacial score (nSPS) is 19.1. The van der Waals surface area contributed by atoms with Crippen LogP contribution in [0.1, 0.15) is 54.6 Å². The lowest BCUT2D eigenvalue weighted by Gasteiger charge is -2.15. The molecule has 2 amide bonds. The van der Waals surface area contributed by atoms with Crippen molar-refractivity contribution in [2.45, 2.75) is 58.0 Å². The molecular weight excluding hydrogens is 575 g/mol. The first-order valence-electron chi connectivity index (χ1n) is 14.2. The summed E-state index contributed by atoms with van der Waals surface area (Å²) in [6.45, 7) is 4.71. The van der Waals surface area contributed by atoms with E-state index in [9.17, 15) is 22.8 Å². The third-order valence-corrected chi connectivity index (χ3v) is 7.25. The molecule has 0 bridgehead atoms. The van der Waals surface area contributed by atoms with E-state index < -0.39 is 17.6 Å². The van der Waals surface area contributed by atoms with Crippen LogP contribution in [0.2, 0.25) is 0 Å². The molecule has 0 spiro atoms. The molecule has 44 heavy (non-hydrogen) atoms. The predicted molar refractivity (Wildman–Crippen MR) is 160 cm³/mol. The van der Waals surface area contributed by atoms with Crippen LogP contribution in [0.3, 0.4) is 0 Å². The van der Waals surface area contributed by atoms with Crippen molar-refractivity contribution >= 4 is 40.4 Å². The highest BCUT2D eigenvalue weighted by Gasteiger charge is 2.31. The van der Waals surface area contributed by atoms with Gasteiger partial charge in [0.25, 0.3) is 5.91 Å². The van der Waals surface area contributed by atoms with Crippen molar-refractivity contribution in [3.05, 3.63) is 71.6 Å². The Bertz CT molecular complexity index is 1700. The number of amides is 2. The van der Waals surface area contributed by atoms with Gasteiger partial charge in [0.2, 0.25) is 5.91 Å². The molecule has 13 heteroatoms. The Kier molecular flexibility index (Phi) is 8.95. The summed E-state index contributed by atoms with van der Waals surface area (Å²) < 4.78 is 46.8. The van der Waals surface area contributed by atoms with E-state index in [0.717, 1.165) is 29.4 Å². The van der Waals surface area contributed by atoms with Crippen molar-refractivity contribution in [1.82, 2.24) is 25.1 Å². The molecule has 230 valence electrons. The van der Waals surface area contributed by atoms with Crippen LogP contribution in [-0.2, 0) is 22.3 Å². The summed E-state index contributed by atoms with van der Waals surface area (Å²) >= 11 is 0. The largest absolute Gasteiger partial charge is 0.416 e. The lowest BCUT2D eigenvalue weighted by Crippen LogP contribution is -2.34. The molecular formula is C31H32F3N7O3. The quantitative estimate of drug-likeness (QED) is 0.282. The summed E-state index contributed by atoms with van der Waals surface area (Å²) in [6, 6.07) is 7.97. The maximum atomic E-state index is 13.1. The zero-order chi connectivity index (χ0) is 31.4. The van der Waals surface area contributed by atoms with Gasteiger partial charge in [-0.05, 0) is 51.0 Å². The summed E-state index contributed by atoms with van der Waals surface area (Å²) in [5.41, 5.74) is 8.51. The fraction of sp³-hybridized carbons (Fsp3) is 0.323. The Labute approximate surface area is 251 Å². The lowest BCUT2D eigenvalue weighted by molar-refractivity contribution is -0.137. The standard InChI is InChI=1S/C31H32F3N7O3/c1-18-11-14-41-28-22(5-3-4-19(2)44-15-12-25(42)38-18)17-37-29(35)26(28)27(40-41)20-6-8-21(9-7-20)30(43)39-24-16-23(10-13-36-24)31(32,33)34/h3,5-10,13,16-19H,4,11-12,14-15H2,1-2H3,(H2,35,37)(H,38,42)(H,36,39,43)/b5-3+/t18-,19-/m1/s1. The van der Waals surface area contributed by atoms with Crippen molar-refractivity contribution in [3.63, 3.8) is 0 Å². The molecule has 1 aliphatic rings. The van der Waals surface area contributed by atoms with Crippen LogP contribution in [0.4, 0.5) is 24.8 Å².